The van der Waals surface area contributed by atoms with Gasteiger partial charge < -0.3 is 14.6 Å². The van der Waals surface area contributed by atoms with Crippen LogP contribution in [-0.2, 0) is 16.9 Å². The van der Waals surface area contributed by atoms with Crippen LogP contribution in [0, 0.1) is 0 Å². The molecule has 4 aromatic rings. The van der Waals surface area contributed by atoms with Crippen LogP contribution >= 0.6 is 23.7 Å². The molecule has 4 rings (SSSR count). The third-order valence-electron chi connectivity index (χ3n) is 4.09. The normalized spacial score (nSPS) is 11.5. The Hall–Kier alpha value is -2.36. The van der Waals surface area contributed by atoms with E-state index in [4.69, 9.17) is 4.74 Å². The Bertz CT molecular complexity index is 1250. The van der Waals surface area contributed by atoms with Gasteiger partial charge in [-0.1, -0.05) is 11.3 Å². The van der Waals surface area contributed by atoms with Gasteiger partial charge in [0, 0.05) is 13.3 Å². The number of imidazole rings is 1. The highest BCUT2D eigenvalue weighted by molar-refractivity contribution is 7.90. The number of methoxy groups -OCH3 is 1. The number of hydrogen-bond acceptors (Lipinski definition) is 7. The van der Waals surface area contributed by atoms with Crippen LogP contribution in [0.15, 0.2) is 41.6 Å². The van der Waals surface area contributed by atoms with E-state index in [1.54, 1.807) is 18.5 Å². The van der Waals surface area contributed by atoms with Crippen LogP contribution in [0.3, 0.4) is 0 Å². The van der Waals surface area contributed by atoms with Gasteiger partial charge in [0.05, 0.1) is 34.2 Å². The lowest BCUT2D eigenvalue weighted by Gasteiger charge is -2.10. The number of fused-ring (bicyclic) bond motifs is 3. The summed E-state index contributed by atoms with van der Waals surface area (Å²) >= 11 is 1.47. The number of anilines is 2. The molecule has 0 aliphatic rings. The molecule has 0 bridgehead atoms. The second kappa shape index (κ2) is 6.99. The van der Waals surface area contributed by atoms with Gasteiger partial charge in [0.1, 0.15) is 16.8 Å². The molecule has 0 radical (unpaired) electrons. The molecule has 1 N–H and O–H groups in total. The SMILES string of the molecule is COc1ccc(S(C)(=O)=O)cc1Nc1nc2c(ccc3c2ncn3C)s1.Cl. The van der Waals surface area contributed by atoms with Crippen molar-refractivity contribution in [3.63, 3.8) is 0 Å². The molecule has 0 aliphatic carbocycles. The topological polar surface area (TPSA) is 86.1 Å². The van der Waals surface area contributed by atoms with Gasteiger partial charge >= 0.3 is 0 Å². The van der Waals surface area contributed by atoms with Gasteiger partial charge in [-0.25, -0.2) is 18.4 Å². The highest BCUT2D eigenvalue weighted by Gasteiger charge is 2.15. The van der Waals surface area contributed by atoms with Crippen molar-refractivity contribution in [3.05, 3.63) is 36.7 Å². The van der Waals surface area contributed by atoms with Crippen molar-refractivity contribution in [2.75, 3.05) is 18.7 Å². The minimum Gasteiger partial charge on any atom is -0.495 e. The molecular formula is C17H17ClN4O3S2. The molecule has 0 aliphatic heterocycles. The summed E-state index contributed by atoms with van der Waals surface area (Å²) in [6, 6.07) is 8.72. The molecular weight excluding hydrogens is 408 g/mol. The number of hydrogen-bond donors (Lipinski definition) is 1. The van der Waals surface area contributed by atoms with E-state index in [0.717, 1.165) is 21.3 Å². The first-order valence-corrected chi connectivity index (χ1v) is 10.4. The lowest BCUT2D eigenvalue weighted by molar-refractivity contribution is 0.416. The zero-order valence-electron chi connectivity index (χ0n) is 14.8. The molecule has 0 amide bonds. The van der Waals surface area contributed by atoms with Gasteiger partial charge in [-0.2, -0.15) is 0 Å². The predicted molar refractivity (Wildman–Crippen MR) is 111 cm³/mol. The number of nitrogens with zero attached hydrogens (tertiary/aromatic N) is 3. The third kappa shape index (κ3) is 3.45. The number of thiazole rings is 1. The maximum Gasteiger partial charge on any atom is 0.188 e. The monoisotopic (exact) mass is 424 g/mol. The van der Waals surface area contributed by atoms with Crippen molar-refractivity contribution in [3.8, 4) is 5.75 Å². The molecule has 27 heavy (non-hydrogen) atoms. The van der Waals surface area contributed by atoms with Gasteiger partial charge in [-0.05, 0) is 30.3 Å². The molecule has 2 aromatic carbocycles. The van der Waals surface area contributed by atoms with E-state index in [9.17, 15) is 8.42 Å². The number of sulfone groups is 1. The minimum atomic E-state index is -3.32. The molecule has 0 spiro atoms. The van der Waals surface area contributed by atoms with E-state index in [1.807, 2.05) is 23.7 Å². The molecule has 2 heterocycles. The van der Waals surface area contributed by atoms with E-state index in [1.165, 1.54) is 30.8 Å². The Morgan fingerprint density at radius 3 is 2.67 bits per heavy atom. The number of nitrogens with one attached hydrogen (secondary N) is 1. The zero-order chi connectivity index (χ0) is 18.5. The summed E-state index contributed by atoms with van der Waals surface area (Å²) in [4.78, 5) is 9.28. The van der Waals surface area contributed by atoms with Crippen LogP contribution in [0.4, 0.5) is 10.8 Å². The summed E-state index contributed by atoms with van der Waals surface area (Å²) in [7, 11) is 0.158. The van der Waals surface area contributed by atoms with Crippen LogP contribution in [0.2, 0.25) is 0 Å². The zero-order valence-corrected chi connectivity index (χ0v) is 17.2. The minimum absolute atomic E-state index is 0. The van der Waals surface area contributed by atoms with Crippen LogP contribution in [-0.4, -0.2) is 36.3 Å². The van der Waals surface area contributed by atoms with Gasteiger partial charge in [0.25, 0.3) is 0 Å². The van der Waals surface area contributed by atoms with E-state index in [2.05, 4.69) is 15.3 Å². The van der Waals surface area contributed by atoms with Crippen molar-refractivity contribution < 1.29 is 13.2 Å². The first kappa shape index (κ1) is 19.4. The lowest BCUT2D eigenvalue weighted by atomic mass is 10.3. The maximum absolute atomic E-state index is 11.8. The van der Waals surface area contributed by atoms with Crippen LogP contribution in [0.5, 0.6) is 5.75 Å². The van der Waals surface area contributed by atoms with Crippen LogP contribution in [0.1, 0.15) is 0 Å². The third-order valence-corrected chi connectivity index (χ3v) is 6.14. The first-order valence-electron chi connectivity index (χ1n) is 7.72. The van der Waals surface area contributed by atoms with Crippen LogP contribution in [0.25, 0.3) is 21.3 Å². The average molecular weight is 425 g/mol. The summed E-state index contributed by atoms with van der Waals surface area (Å²) in [5.41, 5.74) is 3.21. The summed E-state index contributed by atoms with van der Waals surface area (Å²) in [5.74, 6) is 0.541. The molecule has 2 aromatic heterocycles. The van der Waals surface area contributed by atoms with Crippen molar-refractivity contribution >= 4 is 65.7 Å². The Kier molecular flexibility index (Phi) is 5.02. The smallest absolute Gasteiger partial charge is 0.188 e. The fourth-order valence-corrected chi connectivity index (χ4v) is 4.30. The van der Waals surface area contributed by atoms with Gasteiger partial charge in [-0.15, -0.1) is 12.4 Å². The molecule has 0 unspecified atom stereocenters. The molecule has 142 valence electrons. The fraction of sp³-hybridized carbons (Fsp3) is 0.176. The van der Waals surface area contributed by atoms with E-state index in [-0.39, 0.29) is 17.3 Å². The maximum atomic E-state index is 11.8. The summed E-state index contributed by atoms with van der Waals surface area (Å²) in [6.45, 7) is 0. The Labute approximate surface area is 166 Å². The molecule has 10 heteroatoms. The molecule has 0 saturated heterocycles. The van der Waals surface area contributed by atoms with Crippen molar-refractivity contribution in [2.24, 2.45) is 7.05 Å². The van der Waals surface area contributed by atoms with Crippen molar-refractivity contribution in [2.45, 2.75) is 4.90 Å². The van der Waals surface area contributed by atoms with E-state index < -0.39 is 9.84 Å². The molecule has 0 saturated carbocycles. The summed E-state index contributed by atoms with van der Waals surface area (Å²) in [6.07, 6.45) is 2.93. The Balaban J connectivity index is 0.00000210. The van der Waals surface area contributed by atoms with Gasteiger partial charge in [-0.3, -0.25) is 0 Å². The van der Waals surface area contributed by atoms with Crippen molar-refractivity contribution in [1.29, 1.82) is 0 Å². The molecule has 7 nitrogen and oxygen atoms in total. The average Bonchev–Trinajstić information content (AvgIpc) is 3.17. The Morgan fingerprint density at radius 1 is 1.19 bits per heavy atom. The molecule has 0 fully saturated rings. The van der Waals surface area contributed by atoms with Gasteiger partial charge in [0.2, 0.25) is 0 Å². The standard InChI is InChI=1S/C17H16N4O3S2.ClH/c1-21-9-18-15-12(21)5-7-14-16(15)20-17(25-14)19-11-8-10(26(3,22)23)4-6-13(11)24-2;/h4-9H,1-3H3,(H,19,20);1H. The Morgan fingerprint density at radius 2 is 1.96 bits per heavy atom. The van der Waals surface area contributed by atoms with E-state index in [0.29, 0.717) is 16.6 Å². The first-order chi connectivity index (χ1) is 12.4. The number of aryl methyl sites for hydroxylation is 1. The highest BCUT2D eigenvalue weighted by Crippen LogP contribution is 2.35. The van der Waals surface area contributed by atoms with Crippen LogP contribution < -0.4 is 10.1 Å². The second-order valence-corrected chi connectivity index (χ2v) is 8.96. The number of ether oxygens (including phenoxy) is 1. The molecule has 0 atom stereocenters. The van der Waals surface area contributed by atoms with Crippen molar-refractivity contribution in [1.82, 2.24) is 14.5 Å². The summed E-state index contributed by atoms with van der Waals surface area (Å²) in [5, 5.41) is 3.82. The second-order valence-electron chi connectivity index (χ2n) is 5.91. The lowest BCUT2D eigenvalue weighted by Crippen LogP contribution is -2.00. The number of halogens is 1. The number of benzene rings is 2. The summed E-state index contributed by atoms with van der Waals surface area (Å²) < 4.78 is 31.9. The van der Waals surface area contributed by atoms with E-state index >= 15 is 0 Å². The quantitative estimate of drug-likeness (QED) is 0.536. The fourth-order valence-electron chi connectivity index (χ4n) is 2.77. The van der Waals surface area contributed by atoms with Gasteiger partial charge in [0.15, 0.2) is 15.0 Å². The number of rotatable bonds is 4. The predicted octanol–water partition coefficient (Wildman–Crippen LogP) is 3.76. The highest BCUT2D eigenvalue weighted by atomic mass is 35.5. The number of aromatic nitrogens is 3. The largest absolute Gasteiger partial charge is 0.495 e.